The van der Waals surface area contributed by atoms with E-state index in [0.717, 1.165) is 70.2 Å². The third-order valence-electron chi connectivity index (χ3n) is 21.4. The van der Waals surface area contributed by atoms with E-state index in [2.05, 4.69) is 163 Å². The first-order valence-electron chi connectivity index (χ1n) is 38.5. The molecule has 0 spiro atoms. The van der Waals surface area contributed by atoms with Crippen LogP contribution in [0.3, 0.4) is 0 Å². The van der Waals surface area contributed by atoms with Crippen molar-refractivity contribution in [2.45, 2.75) is 214 Å². The highest BCUT2D eigenvalue weighted by molar-refractivity contribution is 6.48. The predicted octanol–water partition coefficient (Wildman–Crippen LogP) is 26.9. The monoisotopic (exact) mass is 1410 g/mol. The average molecular weight is 1420 g/mol. The summed E-state index contributed by atoms with van der Waals surface area (Å²) in [5.41, 5.74) is 9.16. The van der Waals surface area contributed by atoms with Crippen molar-refractivity contribution in [2.75, 3.05) is 9.80 Å². The molecule has 0 bridgehead atoms. The Hall–Kier alpha value is -9.80. The quantitative estimate of drug-likeness (QED) is 0.0375. The zero-order valence-electron chi connectivity index (χ0n) is 66.1. The van der Waals surface area contributed by atoms with E-state index >= 15 is 19.2 Å². The van der Waals surface area contributed by atoms with Gasteiger partial charge in [-0.1, -0.05) is 248 Å². The molecule has 0 radical (unpaired) electrons. The molecule has 0 fully saturated rings. The van der Waals surface area contributed by atoms with Crippen molar-refractivity contribution < 1.29 is 38.1 Å². The van der Waals surface area contributed by atoms with Crippen LogP contribution in [0.2, 0.25) is 0 Å². The molecule has 0 aromatic heterocycles. The number of imide groups is 2. The van der Waals surface area contributed by atoms with Gasteiger partial charge in [-0.3, -0.25) is 19.2 Å². The molecule has 0 unspecified atom stereocenters. The van der Waals surface area contributed by atoms with Crippen molar-refractivity contribution in [3.63, 3.8) is 0 Å². The molecule has 10 nitrogen and oxygen atoms in total. The molecule has 2 aliphatic heterocycles. The van der Waals surface area contributed by atoms with Gasteiger partial charge in [0.05, 0.1) is 33.6 Å². The Labute approximate surface area is 628 Å². The molecule has 0 atom stereocenters. The van der Waals surface area contributed by atoms with Crippen LogP contribution in [-0.2, 0) is 25.7 Å². The molecule has 0 N–H and O–H groups in total. The molecule has 13 rings (SSSR count). The summed E-state index contributed by atoms with van der Waals surface area (Å²) in [5.74, 6) is 1.07. The van der Waals surface area contributed by atoms with Crippen molar-refractivity contribution in [1.29, 1.82) is 0 Å². The van der Waals surface area contributed by atoms with Crippen molar-refractivity contribution >= 4 is 78.1 Å². The molecule has 106 heavy (non-hydrogen) atoms. The number of anilines is 2. The maximum atomic E-state index is 16.9. The highest BCUT2D eigenvalue weighted by Gasteiger charge is 2.45. The van der Waals surface area contributed by atoms with Crippen LogP contribution in [-0.4, -0.2) is 23.6 Å². The summed E-state index contributed by atoms with van der Waals surface area (Å²) in [7, 11) is 0. The molecule has 0 saturated carbocycles. The van der Waals surface area contributed by atoms with Crippen LogP contribution in [0.4, 0.5) is 11.4 Å². The van der Waals surface area contributed by atoms with Gasteiger partial charge in [-0.15, -0.1) is 0 Å². The molecule has 11 aromatic carbocycles. The topological polar surface area (TPSA) is 112 Å². The minimum Gasteiger partial charge on any atom is -0.456 e. The van der Waals surface area contributed by atoms with Gasteiger partial charge in [0.2, 0.25) is 0 Å². The maximum Gasteiger partial charge on any atom is 0.266 e. The second-order valence-corrected chi connectivity index (χ2v) is 35.9. The van der Waals surface area contributed by atoms with Crippen LogP contribution in [0.15, 0.2) is 158 Å². The molecule has 0 saturated heterocycles. The molecule has 548 valence electrons. The third kappa shape index (κ3) is 14.4. The second kappa shape index (κ2) is 28.5. The van der Waals surface area contributed by atoms with Crippen LogP contribution >= 0.6 is 0 Å². The third-order valence-corrected chi connectivity index (χ3v) is 21.4. The number of benzene rings is 11. The van der Waals surface area contributed by atoms with E-state index in [1.165, 1.54) is 9.80 Å². The van der Waals surface area contributed by atoms with Crippen molar-refractivity contribution in [2.24, 2.45) is 21.7 Å². The lowest BCUT2D eigenvalue weighted by molar-refractivity contribution is 0.0877. The van der Waals surface area contributed by atoms with Gasteiger partial charge in [0, 0.05) is 43.1 Å². The lowest BCUT2D eigenvalue weighted by atomic mass is 9.80. The van der Waals surface area contributed by atoms with Crippen molar-refractivity contribution in [3.05, 3.63) is 224 Å². The Balaban J connectivity index is 1.29. The van der Waals surface area contributed by atoms with Crippen LogP contribution in [0.25, 0.3) is 43.1 Å². The minimum absolute atomic E-state index is 0.0391. The molecular formula is C96H106N2O8. The average Bonchev–Trinajstić information content (AvgIpc) is 0.670. The zero-order valence-corrected chi connectivity index (χ0v) is 66.1. The smallest absolute Gasteiger partial charge is 0.266 e. The molecule has 4 amide bonds. The van der Waals surface area contributed by atoms with E-state index in [0.29, 0.717) is 126 Å². The maximum absolute atomic E-state index is 16.9. The highest BCUT2D eigenvalue weighted by Crippen LogP contribution is 2.60. The number of aryl methyl sites for hydroxylation is 4. The summed E-state index contributed by atoms with van der Waals surface area (Å²) in [6, 6.07) is 51.8. The first-order valence-corrected chi connectivity index (χ1v) is 38.5. The fourth-order valence-electron chi connectivity index (χ4n) is 15.5. The van der Waals surface area contributed by atoms with Crippen LogP contribution in [0.1, 0.15) is 274 Å². The summed E-state index contributed by atoms with van der Waals surface area (Å²) in [5, 5.41) is 3.68. The summed E-state index contributed by atoms with van der Waals surface area (Å²) in [6.45, 7) is 43.6. The number of hydrogen-bond acceptors (Lipinski definition) is 8. The number of carbonyl (C=O) groups is 4. The van der Waals surface area contributed by atoms with E-state index in [1.54, 1.807) is 0 Å². The van der Waals surface area contributed by atoms with Gasteiger partial charge in [-0.05, 0) is 190 Å². The van der Waals surface area contributed by atoms with E-state index in [4.69, 9.17) is 18.9 Å². The molecule has 0 aliphatic carbocycles. The zero-order chi connectivity index (χ0) is 76.0. The minimum atomic E-state index is -0.514. The predicted molar refractivity (Wildman–Crippen MR) is 436 cm³/mol. The number of amides is 4. The largest absolute Gasteiger partial charge is 0.456 e. The Bertz CT molecular complexity index is 4650. The van der Waals surface area contributed by atoms with E-state index in [1.807, 2.05) is 133 Å². The first kappa shape index (κ1) is 74.5. The standard InChI is InChI=1S/C96H106N2O8/c1-55(2)63-35-29-36-64(56(3)4)87(63)97-89(99)67-51-75(103-71-39-25-21-31-59(71)43-47-93(9,10)11)81-83-77(105-73-41-27-23-33-61(73)45-49-95(15,16)17)53-69-80-70(92(102)98(91(69)101)88-65(57(5)6)37-30-38-66(88)58(7)8)54-78(106-74-42-28-24-34-62(74)46-50-96(18,19)20)84(86(80)83)82-76(52-68(90(97)100)79(67)85(81)82)104-72-40-26-22-32-60(72)44-48-94(12,13)14/h21-42,51-58H,43-50H2,1-20H3. The molecule has 10 heteroatoms. The highest BCUT2D eigenvalue weighted by atomic mass is 16.5. The molecular weight excluding hydrogens is 1310 g/mol. The van der Waals surface area contributed by atoms with E-state index in [9.17, 15) is 0 Å². The Kier molecular flexibility index (Phi) is 20.0. The molecule has 2 aliphatic rings. The summed E-state index contributed by atoms with van der Waals surface area (Å²) < 4.78 is 31.2. The number of para-hydroxylation sites is 6. The summed E-state index contributed by atoms with van der Waals surface area (Å²) >= 11 is 0. The summed E-state index contributed by atoms with van der Waals surface area (Å²) in [6.07, 6.45) is 6.03. The van der Waals surface area contributed by atoms with Crippen LogP contribution in [0.5, 0.6) is 46.0 Å². The number of rotatable bonds is 22. The summed E-state index contributed by atoms with van der Waals surface area (Å²) in [4.78, 5) is 70.5. The lowest BCUT2D eigenvalue weighted by Crippen LogP contribution is -2.42. The second-order valence-electron chi connectivity index (χ2n) is 35.9. The van der Waals surface area contributed by atoms with Crippen molar-refractivity contribution in [1.82, 2.24) is 0 Å². The molecule has 2 heterocycles. The van der Waals surface area contributed by atoms with Gasteiger partial charge in [0.25, 0.3) is 23.6 Å². The fraction of sp³-hybridized carbons (Fsp3) is 0.375. The Morgan fingerprint density at radius 1 is 0.264 bits per heavy atom. The lowest BCUT2D eigenvalue weighted by Gasteiger charge is -2.35. The number of fused-ring (bicyclic) bond motifs is 2. The van der Waals surface area contributed by atoms with E-state index < -0.39 is 23.6 Å². The van der Waals surface area contributed by atoms with Gasteiger partial charge < -0.3 is 18.9 Å². The Morgan fingerprint density at radius 3 is 0.670 bits per heavy atom. The van der Waals surface area contributed by atoms with Crippen molar-refractivity contribution in [3.8, 4) is 46.0 Å². The molecule has 11 aromatic rings. The number of ether oxygens (including phenoxy) is 4. The van der Waals surface area contributed by atoms with Gasteiger partial charge in [0.15, 0.2) is 0 Å². The normalized spacial score (nSPS) is 13.8. The fourth-order valence-corrected chi connectivity index (χ4v) is 15.5. The SMILES string of the molecule is CC(C)c1cccc(C(C)C)c1N1C(=O)c2cc(Oc3ccccc3CCC(C)(C)C)c3c4c(Oc5ccccc5CCC(C)(C)C)cc5c6c(cc(Oc7ccccc7CCC(C)(C)C)c(c7c(Oc8ccccc8CCC(C)(C)C)cc(c2c37)C1=O)c64)C(=O)N(c1c(C(C)C)cccc1C(C)C)C5=O. The van der Waals surface area contributed by atoms with Gasteiger partial charge in [-0.25, -0.2) is 9.80 Å². The number of hydrogen-bond donors (Lipinski definition) is 0. The Morgan fingerprint density at radius 2 is 0.472 bits per heavy atom. The van der Waals surface area contributed by atoms with Crippen LogP contribution in [0, 0.1) is 21.7 Å². The van der Waals surface area contributed by atoms with Gasteiger partial charge in [-0.2, -0.15) is 0 Å². The first-order chi connectivity index (χ1) is 50.1. The van der Waals surface area contributed by atoms with E-state index in [-0.39, 0.29) is 67.6 Å². The van der Waals surface area contributed by atoms with Gasteiger partial charge in [0.1, 0.15) is 46.0 Å². The van der Waals surface area contributed by atoms with Gasteiger partial charge >= 0.3 is 0 Å². The number of carbonyl (C=O) groups excluding carboxylic acids is 4. The van der Waals surface area contributed by atoms with Crippen LogP contribution < -0.4 is 28.7 Å². The number of nitrogens with zero attached hydrogens (tertiary/aromatic N) is 2.